The molecule has 4 heteroatoms. The molecule has 1 aromatic rings. The van der Waals surface area contributed by atoms with Gasteiger partial charge < -0.3 is 14.8 Å². The number of nitriles is 1. The van der Waals surface area contributed by atoms with E-state index in [2.05, 4.69) is 11.4 Å². The zero-order chi connectivity index (χ0) is 13.1. The Kier molecular flexibility index (Phi) is 7.26. The molecule has 0 saturated heterocycles. The van der Waals surface area contributed by atoms with Gasteiger partial charge in [0.25, 0.3) is 0 Å². The number of benzene rings is 1. The second-order valence-electron chi connectivity index (χ2n) is 3.90. The first-order valence-electron chi connectivity index (χ1n) is 6.14. The molecule has 0 spiro atoms. The van der Waals surface area contributed by atoms with Crippen LogP contribution in [0.4, 0.5) is 0 Å². The van der Waals surface area contributed by atoms with Crippen molar-refractivity contribution in [1.82, 2.24) is 5.32 Å². The summed E-state index contributed by atoms with van der Waals surface area (Å²) in [4.78, 5) is 10.1. The third kappa shape index (κ3) is 6.02. The highest BCUT2D eigenvalue weighted by Crippen LogP contribution is 2.11. The lowest BCUT2D eigenvalue weighted by molar-refractivity contribution is -0.107. The Morgan fingerprint density at radius 2 is 1.94 bits per heavy atom. The number of nitrogens with one attached hydrogen (secondary N) is 1. The normalized spacial score (nSPS) is 9.72. The SMILES string of the molecule is N#Cc1ccc(OCCCNCCCC=O)cc1. The van der Waals surface area contributed by atoms with Crippen molar-refractivity contribution in [3.63, 3.8) is 0 Å². The van der Waals surface area contributed by atoms with Gasteiger partial charge in [0.2, 0.25) is 0 Å². The smallest absolute Gasteiger partial charge is 0.120 e. The van der Waals surface area contributed by atoms with Gasteiger partial charge in [-0.3, -0.25) is 0 Å². The lowest BCUT2D eigenvalue weighted by Crippen LogP contribution is -2.18. The van der Waals surface area contributed by atoms with E-state index >= 15 is 0 Å². The third-order valence-corrected chi connectivity index (χ3v) is 2.43. The molecule has 0 aliphatic carbocycles. The molecule has 0 aliphatic rings. The molecule has 0 unspecified atom stereocenters. The fourth-order valence-electron chi connectivity index (χ4n) is 1.45. The van der Waals surface area contributed by atoms with Crippen molar-refractivity contribution >= 4 is 6.29 Å². The van der Waals surface area contributed by atoms with Gasteiger partial charge >= 0.3 is 0 Å². The second kappa shape index (κ2) is 9.20. The first-order chi connectivity index (χ1) is 8.86. The van der Waals surface area contributed by atoms with Gasteiger partial charge in [0.15, 0.2) is 0 Å². The summed E-state index contributed by atoms with van der Waals surface area (Å²) in [6, 6.07) is 9.15. The van der Waals surface area contributed by atoms with Crippen LogP contribution in [0.1, 0.15) is 24.8 Å². The molecule has 0 radical (unpaired) electrons. The van der Waals surface area contributed by atoms with Crippen LogP contribution in [0, 0.1) is 11.3 Å². The zero-order valence-corrected chi connectivity index (χ0v) is 10.4. The second-order valence-corrected chi connectivity index (χ2v) is 3.90. The van der Waals surface area contributed by atoms with E-state index in [9.17, 15) is 4.79 Å². The van der Waals surface area contributed by atoms with Crippen molar-refractivity contribution in [2.45, 2.75) is 19.3 Å². The van der Waals surface area contributed by atoms with Crippen LogP contribution in [0.2, 0.25) is 0 Å². The quantitative estimate of drug-likeness (QED) is 0.534. The third-order valence-electron chi connectivity index (χ3n) is 2.43. The summed E-state index contributed by atoms with van der Waals surface area (Å²) >= 11 is 0. The van der Waals surface area contributed by atoms with E-state index in [4.69, 9.17) is 10.00 Å². The van der Waals surface area contributed by atoms with E-state index in [0.29, 0.717) is 18.6 Å². The van der Waals surface area contributed by atoms with Gasteiger partial charge in [-0.2, -0.15) is 5.26 Å². The number of hydrogen-bond donors (Lipinski definition) is 1. The molecule has 0 bridgehead atoms. The number of carbonyl (C=O) groups excluding carboxylic acids is 1. The monoisotopic (exact) mass is 246 g/mol. The molecule has 4 nitrogen and oxygen atoms in total. The fraction of sp³-hybridized carbons (Fsp3) is 0.429. The van der Waals surface area contributed by atoms with Crippen molar-refractivity contribution in [3.8, 4) is 11.8 Å². The van der Waals surface area contributed by atoms with Gasteiger partial charge in [-0.05, 0) is 50.2 Å². The Morgan fingerprint density at radius 3 is 2.61 bits per heavy atom. The lowest BCUT2D eigenvalue weighted by Gasteiger charge is -2.06. The highest BCUT2D eigenvalue weighted by molar-refractivity contribution is 5.48. The van der Waals surface area contributed by atoms with Gasteiger partial charge in [-0.1, -0.05) is 0 Å². The molecule has 0 aromatic heterocycles. The fourth-order valence-corrected chi connectivity index (χ4v) is 1.45. The van der Waals surface area contributed by atoms with E-state index in [1.54, 1.807) is 24.3 Å². The molecule has 0 fully saturated rings. The average Bonchev–Trinajstić information content (AvgIpc) is 2.42. The van der Waals surface area contributed by atoms with Crippen molar-refractivity contribution in [2.24, 2.45) is 0 Å². The topological polar surface area (TPSA) is 62.1 Å². The number of aldehydes is 1. The van der Waals surface area contributed by atoms with Gasteiger partial charge in [-0.25, -0.2) is 0 Å². The molecule has 1 rings (SSSR count). The van der Waals surface area contributed by atoms with Crippen LogP contribution in [0.5, 0.6) is 5.75 Å². The molecule has 0 atom stereocenters. The number of unbranched alkanes of at least 4 members (excludes halogenated alkanes) is 1. The predicted molar refractivity (Wildman–Crippen MR) is 69.4 cm³/mol. The van der Waals surface area contributed by atoms with Crippen LogP contribution < -0.4 is 10.1 Å². The summed E-state index contributed by atoms with van der Waals surface area (Å²) in [7, 11) is 0. The van der Waals surface area contributed by atoms with Crippen LogP contribution in [-0.4, -0.2) is 26.0 Å². The Hall–Kier alpha value is -1.86. The number of ether oxygens (including phenoxy) is 1. The summed E-state index contributed by atoms with van der Waals surface area (Å²) < 4.78 is 5.53. The largest absolute Gasteiger partial charge is 0.494 e. The Bertz CT molecular complexity index is 382. The lowest BCUT2D eigenvalue weighted by atomic mass is 10.2. The number of carbonyl (C=O) groups is 1. The number of nitrogens with zero attached hydrogens (tertiary/aromatic N) is 1. The molecular weight excluding hydrogens is 228 g/mol. The minimum atomic E-state index is 0.620. The maximum absolute atomic E-state index is 10.1. The maximum atomic E-state index is 10.1. The molecule has 0 heterocycles. The van der Waals surface area contributed by atoms with Crippen LogP contribution >= 0.6 is 0 Å². The van der Waals surface area contributed by atoms with E-state index in [1.807, 2.05) is 0 Å². The number of hydrogen-bond acceptors (Lipinski definition) is 4. The molecule has 0 amide bonds. The van der Waals surface area contributed by atoms with Crippen LogP contribution in [0.25, 0.3) is 0 Å². The van der Waals surface area contributed by atoms with E-state index in [0.717, 1.165) is 38.0 Å². The molecule has 1 aromatic carbocycles. The zero-order valence-electron chi connectivity index (χ0n) is 10.4. The van der Waals surface area contributed by atoms with Crippen LogP contribution in [-0.2, 0) is 4.79 Å². The molecule has 1 N–H and O–H groups in total. The summed E-state index contributed by atoms with van der Waals surface area (Å²) in [5, 5.41) is 11.9. The van der Waals surface area contributed by atoms with Crippen LogP contribution in [0.15, 0.2) is 24.3 Å². The van der Waals surface area contributed by atoms with Crippen molar-refractivity contribution in [3.05, 3.63) is 29.8 Å². The van der Waals surface area contributed by atoms with Gasteiger partial charge in [0.05, 0.1) is 18.2 Å². The maximum Gasteiger partial charge on any atom is 0.120 e. The summed E-state index contributed by atoms with van der Waals surface area (Å²) in [6.45, 7) is 2.40. The van der Waals surface area contributed by atoms with Crippen molar-refractivity contribution in [2.75, 3.05) is 19.7 Å². The highest BCUT2D eigenvalue weighted by atomic mass is 16.5. The van der Waals surface area contributed by atoms with Crippen LogP contribution in [0.3, 0.4) is 0 Å². The predicted octanol–water partition coefficient (Wildman–Crippen LogP) is 1.90. The minimum absolute atomic E-state index is 0.620. The average molecular weight is 246 g/mol. The van der Waals surface area contributed by atoms with E-state index < -0.39 is 0 Å². The first kappa shape index (κ1) is 14.2. The van der Waals surface area contributed by atoms with Crippen molar-refractivity contribution in [1.29, 1.82) is 5.26 Å². The Balaban J connectivity index is 2.03. The van der Waals surface area contributed by atoms with E-state index in [-0.39, 0.29) is 0 Å². The van der Waals surface area contributed by atoms with Gasteiger partial charge in [0.1, 0.15) is 12.0 Å². The standard InChI is InChI=1S/C14H18N2O2/c15-12-13-4-6-14(7-5-13)18-11-3-9-16-8-1-2-10-17/h4-7,10,16H,1-3,8-9,11H2. The Labute approximate surface area is 108 Å². The molecular formula is C14H18N2O2. The molecule has 18 heavy (non-hydrogen) atoms. The highest BCUT2D eigenvalue weighted by Gasteiger charge is 1.94. The summed E-state index contributed by atoms with van der Waals surface area (Å²) in [6.07, 6.45) is 3.37. The molecule has 0 saturated carbocycles. The van der Waals surface area contributed by atoms with Gasteiger partial charge in [0, 0.05) is 6.42 Å². The molecule has 0 aliphatic heterocycles. The molecule has 96 valence electrons. The number of rotatable bonds is 9. The Morgan fingerprint density at radius 1 is 1.22 bits per heavy atom. The first-order valence-corrected chi connectivity index (χ1v) is 6.14. The minimum Gasteiger partial charge on any atom is -0.494 e. The summed E-state index contributed by atoms with van der Waals surface area (Å²) in [5.74, 6) is 0.787. The van der Waals surface area contributed by atoms with Crippen molar-refractivity contribution < 1.29 is 9.53 Å². The van der Waals surface area contributed by atoms with E-state index in [1.165, 1.54) is 0 Å². The van der Waals surface area contributed by atoms with Gasteiger partial charge in [-0.15, -0.1) is 0 Å². The summed E-state index contributed by atoms with van der Waals surface area (Å²) in [5.41, 5.74) is 0.638.